The molecule has 0 aliphatic carbocycles. The normalized spacial score (nSPS) is 12.2. The Morgan fingerprint density at radius 3 is 2.57 bits per heavy atom. The van der Waals surface area contributed by atoms with Crippen LogP contribution in [0.15, 0.2) is 40.9 Å². The van der Waals surface area contributed by atoms with Gasteiger partial charge in [-0.25, -0.2) is 0 Å². The van der Waals surface area contributed by atoms with Crippen LogP contribution in [-0.2, 0) is 6.42 Å². The van der Waals surface area contributed by atoms with Gasteiger partial charge in [0.2, 0.25) is 0 Å². The highest BCUT2D eigenvalue weighted by Gasteiger charge is 2.13. The largest absolute Gasteiger partial charge is 0.493 e. The number of alkyl halides is 1. The van der Waals surface area contributed by atoms with Gasteiger partial charge in [-0.2, -0.15) is 0 Å². The van der Waals surface area contributed by atoms with Gasteiger partial charge < -0.3 is 4.74 Å². The summed E-state index contributed by atoms with van der Waals surface area (Å²) in [4.78, 5) is 0. The van der Waals surface area contributed by atoms with E-state index in [4.69, 9.17) is 16.3 Å². The van der Waals surface area contributed by atoms with Crippen molar-refractivity contribution in [3.63, 3.8) is 0 Å². The van der Waals surface area contributed by atoms with Gasteiger partial charge in [-0.1, -0.05) is 29.8 Å². The van der Waals surface area contributed by atoms with E-state index in [9.17, 15) is 0 Å². The van der Waals surface area contributed by atoms with Crippen molar-refractivity contribution in [3.05, 3.63) is 63.1 Å². The molecule has 0 aliphatic heterocycles. The maximum Gasteiger partial charge on any atom is 0.133 e. The number of aryl methyl sites for hydroxylation is 2. The second-order valence-corrected chi connectivity index (χ2v) is 6.61. The molecule has 0 aromatic heterocycles. The summed E-state index contributed by atoms with van der Waals surface area (Å²) < 4.78 is 6.49. The lowest BCUT2D eigenvalue weighted by atomic mass is 9.98. The Morgan fingerprint density at radius 2 is 1.90 bits per heavy atom. The highest BCUT2D eigenvalue weighted by molar-refractivity contribution is 9.10. The minimum atomic E-state index is -0.0440. The van der Waals surface area contributed by atoms with E-state index in [0.717, 1.165) is 22.2 Å². The molecule has 2 aromatic carbocycles. The van der Waals surface area contributed by atoms with E-state index in [1.165, 1.54) is 16.7 Å². The fraction of sp³-hybridized carbons (Fsp3) is 0.333. The van der Waals surface area contributed by atoms with Gasteiger partial charge >= 0.3 is 0 Å². The molecule has 1 unspecified atom stereocenters. The molecule has 0 fully saturated rings. The predicted molar refractivity (Wildman–Crippen MR) is 93.5 cm³/mol. The molecule has 0 saturated carbocycles. The molecule has 2 rings (SSSR count). The van der Waals surface area contributed by atoms with Gasteiger partial charge in [-0.3, -0.25) is 0 Å². The second-order valence-electron chi connectivity index (χ2n) is 5.22. The molecule has 0 bridgehead atoms. The van der Waals surface area contributed by atoms with Crippen LogP contribution < -0.4 is 4.74 Å². The Hall–Kier alpha value is -0.990. The summed E-state index contributed by atoms with van der Waals surface area (Å²) in [7, 11) is 0. The molecule has 0 N–H and O–H groups in total. The molecular formula is C18H20BrClO. The van der Waals surface area contributed by atoms with Crippen molar-refractivity contribution >= 4 is 27.5 Å². The van der Waals surface area contributed by atoms with E-state index in [-0.39, 0.29) is 5.38 Å². The van der Waals surface area contributed by atoms with Crippen LogP contribution in [0.5, 0.6) is 5.75 Å². The first-order valence-electron chi connectivity index (χ1n) is 7.13. The number of benzene rings is 2. The average Bonchev–Trinajstić information content (AvgIpc) is 2.45. The van der Waals surface area contributed by atoms with Crippen molar-refractivity contribution in [2.75, 3.05) is 6.61 Å². The molecule has 0 radical (unpaired) electrons. The quantitative estimate of drug-likeness (QED) is 0.590. The van der Waals surface area contributed by atoms with Crippen LogP contribution in [0.4, 0.5) is 0 Å². The summed E-state index contributed by atoms with van der Waals surface area (Å²) >= 11 is 10.1. The zero-order valence-corrected chi connectivity index (χ0v) is 15.0. The van der Waals surface area contributed by atoms with Crippen LogP contribution in [0.2, 0.25) is 0 Å². The third kappa shape index (κ3) is 4.24. The van der Waals surface area contributed by atoms with E-state index in [1.807, 2.05) is 25.1 Å². The maximum absolute atomic E-state index is 6.60. The molecule has 21 heavy (non-hydrogen) atoms. The topological polar surface area (TPSA) is 9.23 Å². The van der Waals surface area contributed by atoms with Crippen molar-refractivity contribution in [2.45, 2.75) is 32.6 Å². The van der Waals surface area contributed by atoms with Crippen molar-refractivity contribution in [1.29, 1.82) is 0 Å². The lowest BCUT2D eigenvalue weighted by molar-refractivity contribution is 0.338. The van der Waals surface area contributed by atoms with Crippen LogP contribution in [0.1, 0.15) is 34.6 Å². The van der Waals surface area contributed by atoms with E-state index in [2.05, 4.69) is 48.0 Å². The van der Waals surface area contributed by atoms with Crippen molar-refractivity contribution in [2.24, 2.45) is 0 Å². The van der Waals surface area contributed by atoms with Crippen LogP contribution in [0.3, 0.4) is 0 Å². The zero-order valence-electron chi connectivity index (χ0n) is 12.6. The Balaban J connectivity index is 2.18. The molecular weight excluding hydrogens is 348 g/mol. The third-order valence-electron chi connectivity index (χ3n) is 3.52. The number of ether oxygens (including phenoxy) is 1. The fourth-order valence-corrected chi connectivity index (χ4v) is 3.13. The lowest BCUT2D eigenvalue weighted by Crippen LogP contribution is -2.00. The molecule has 0 amide bonds. The minimum absolute atomic E-state index is 0.0440. The van der Waals surface area contributed by atoms with Gasteiger partial charge in [0, 0.05) is 0 Å². The number of rotatable bonds is 5. The summed E-state index contributed by atoms with van der Waals surface area (Å²) in [5, 5.41) is -0.0440. The summed E-state index contributed by atoms with van der Waals surface area (Å²) in [5.74, 6) is 0.858. The first-order valence-corrected chi connectivity index (χ1v) is 8.36. The summed E-state index contributed by atoms with van der Waals surface area (Å²) in [6, 6.07) is 12.6. The van der Waals surface area contributed by atoms with Gasteiger partial charge in [-0.15, -0.1) is 11.6 Å². The highest BCUT2D eigenvalue weighted by atomic mass is 79.9. The standard InChI is InChI=1S/C18H20BrClO/c1-4-21-18-8-7-14(10-16(18)19)17(20)11-15-9-12(2)5-6-13(15)3/h5-10,17H,4,11H2,1-3H3. The molecule has 3 heteroatoms. The van der Waals surface area contributed by atoms with Gasteiger partial charge in [0.05, 0.1) is 16.5 Å². The third-order valence-corrected chi connectivity index (χ3v) is 4.55. The van der Waals surface area contributed by atoms with Crippen LogP contribution in [0, 0.1) is 13.8 Å². The SMILES string of the molecule is CCOc1ccc(C(Cl)Cc2cc(C)ccc2C)cc1Br. The second kappa shape index (κ2) is 7.33. The summed E-state index contributed by atoms with van der Waals surface area (Å²) in [6.45, 7) is 6.88. The number of hydrogen-bond acceptors (Lipinski definition) is 1. The van der Waals surface area contributed by atoms with E-state index in [0.29, 0.717) is 6.61 Å². The van der Waals surface area contributed by atoms with Crippen LogP contribution in [-0.4, -0.2) is 6.61 Å². The van der Waals surface area contributed by atoms with Crippen molar-refractivity contribution < 1.29 is 4.74 Å². The molecule has 1 atom stereocenters. The van der Waals surface area contributed by atoms with Crippen LogP contribution >= 0.6 is 27.5 Å². The van der Waals surface area contributed by atoms with Gasteiger partial charge in [0.1, 0.15) is 5.75 Å². The maximum atomic E-state index is 6.60. The summed E-state index contributed by atoms with van der Waals surface area (Å²) in [5.41, 5.74) is 4.97. The first kappa shape index (κ1) is 16.4. The zero-order chi connectivity index (χ0) is 15.4. The lowest BCUT2D eigenvalue weighted by Gasteiger charge is -2.14. The molecule has 2 aromatic rings. The molecule has 0 aliphatic rings. The predicted octanol–water partition coefficient (Wildman–Crippen LogP) is 5.99. The monoisotopic (exact) mass is 366 g/mol. The Kier molecular flexibility index (Phi) is 5.72. The molecule has 0 heterocycles. The smallest absolute Gasteiger partial charge is 0.133 e. The van der Waals surface area contributed by atoms with Crippen LogP contribution in [0.25, 0.3) is 0 Å². The highest BCUT2D eigenvalue weighted by Crippen LogP contribution is 2.33. The Labute approximate surface area is 140 Å². The molecule has 0 spiro atoms. The molecule has 0 saturated heterocycles. The van der Waals surface area contributed by atoms with Gasteiger partial charge in [0.25, 0.3) is 0 Å². The van der Waals surface area contributed by atoms with Gasteiger partial charge in [0.15, 0.2) is 0 Å². The summed E-state index contributed by atoms with van der Waals surface area (Å²) in [6.07, 6.45) is 0.829. The number of halogens is 2. The first-order chi connectivity index (χ1) is 10.0. The molecule has 112 valence electrons. The fourth-order valence-electron chi connectivity index (χ4n) is 2.32. The van der Waals surface area contributed by atoms with Gasteiger partial charge in [-0.05, 0) is 71.9 Å². The van der Waals surface area contributed by atoms with Crippen molar-refractivity contribution in [1.82, 2.24) is 0 Å². The van der Waals surface area contributed by atoms with Crippen molar-refractivity contribution in [3.8, 4) is 5.75 Å². The molecule has 1 nitrogen and oxygen atoms in total. The van der Waals surface area contributed by atoms with E-state index >= 15 is 0 Å². The average molecular weight is 368 g/mol. The minimum Gasteiger partial charge on any atom is -0.493 e. The number of hydrogen-bond donors (Lipinski definition) is 0. The van der Waals surface area contributed by atoms with E-state index < -0.39 is 0 Å². The Bertz CT molecular complexity index is 625. The van der Waals surface area contributed by atoms with E-state index in [1.54, 1.807) is 0 Å². The Morgan fingerprint density at radius 1 is 1.14 bits per heavy atom.